The van der Waals surface area contributed by atoms with Crippen molar-refractivity contribution in [1.82, 2.24) is 28.9 Å². The molecular formula is C18H14F4N6O4. The molecule has 0 spiro atoms. The molecule has 1 atom stereocenters. The van der Waals surface area contributed by atoms with Crippen LogP contribution in [0.3, 0.4) is 0 Å². The van der Waals surface area contributed by atoms with E-state index < -0.39 is 36.1 Å². The summed E-state index contributed by atoms with van der Waals surface area (Å²) < 4.78 is 63.3. The van der Waals surface area contributed by atoms with Gasteiger partial charge in [-0.15, -0.1) is 18.3 Å². The first-order chi connectivity index (χ1) is 15.1. The maximum atomic E-state index is 14.6. The second-order valence-corrected chi connectivity index (χ2v) is 6.73. The Kier molecular flexibility index (Phi) is 5.28. The Morgan fingerprint density at radius 3 is 2.50 bits per heavy atom. The van der Waals surface area contributed by atoms with Gasteiger partial charge in [-0.1, -0.05) is 12.1 Å². The molecule has 1 unspecified atom stereocenters. The minimum Gasteiger partial charge on any atom is -0.406 e. The van der Waals surface area contributed by atoms with Gasteiger partial charge in [-0.2, -0.15) is 4.68 Å². The first-order valence-corrected chi connectivity index (χ1v) is 9.04. The van der Waals surface area contributed by atoms with Crippen molar-refractivity contribution in [2.45, 2.75) is 25.6 Å². The Labute approximate surface area is 175 Å². The number of rotatable bonds is 6. The molecule has 0 bridgehead atoms. The second-order valence-electron chi connectivity index (χ2n) is 6.73. The van der Waals surface area contributed by atoms with Gasteiger partial charge >= 0.3 is 12.1 Å². The topological polar surface area (TPSA) is 110 Å². The molecule has 0 radical (unpaired) electrons. The summed E-state index contributed by atoms with van der Waals surface area (Å²) >= 11 is 0. The minimum atomic E-state index is -4.86. The van der Waals surface area contributed by atoms with Crippen LogP contribution in [0.4, 0.5) is 17.6 Å². The summed E-state index contributed by atoms with van der Waals surface area (Å²) in [5.74, 6) is -1.61. The standard InChI is InChI=1S/C18H14F4N6O4/c1-26-8-23-15-14(26)16(29)27(9-24-15)7-13-25-28(17(30)31-13)6-12(19)10-2-4-11(5-3-10)32-18(20,21)22/h2-5,8-9,12H,6-7H2,1H3. The van der Waals surface area contributed by atoms with E-state index in [2.05, 4.69) is 19.8 Å². The molecule has 168 valence electrons. The summed E-state index contributed by atoms with van der Waals surface area (Å²) in [4.78, 5) is 32.6. The summed E-state index contributed by atoms with van der Waals surface area (Å²) in [6.07, 6.45) is -3.97. The molecule has 4 rings (SSSR count). The van der Waals surface area contributed by atoms with Crippen molar-refractivity contribution in [2.75, 3.05) is 0 Å². The SMILES string of the molecule is Cn1cnc2ncn(Cc3nn(CC(F)c4ccc(OC(F)(F)F)cc4)c(=O)o3)c(=O)c21. The third-order valence-corrected chi connectivity index (χ3v) is 4.46. The molecule has 0 saturated heterocycles. The lowest BCUT2D eigenvalue weighted by Gasteiger charge is -2.11. The first kappa shape index (κ1) is 21.3. The van der Waals surface area contributed by atoms with Crippen LogP contribution in [-0.2, 0) is 20.1 Å². The summed E-state index contributed by atoms with van der Waals surface area (Å²) in [6.45, 7) is -0.772. The highest BCUT2D eigenvalue weighted by atomic mass is 19.4. The number of benzene rings is 1. The van der Waals surface area contributed by atoms with Crippen molar-refractivity contribution in [2.24, 2.45) is 7.05 Å². The van der Waals surface area contributed by atoms with Crippen LogP contribution in [-0.4, -0.2) is 35.2 Å². The van der Waals surface area contributed by atoms with E-state index in [4.69, 9.17) is 4.42 Å². The fourth-order valence-electron chi connectivity index (χ4n) is 2.99. The lowest BCUT2D eigenvalue weighted by atomic mass is 10.1. The van der Waals surface area contributed by atoms with E-state index >= 15 is 0 Å². The fourth-order valence-corrected chi connectivity index (χ4v) is 2.99. The van der Waals surface area contributed by atoms with E-state index in [1.54, 1.807) is 7.05 Å². The highest BCUT2D eigenvalue weighted by Crippen LogP contribution is 2.26. The smallest absolute Gasteiger partial charge is 0.406 e. The van der Waals surface area contributed by atoms with Crippen molar-refractivity contribution in [1.29, 1.82) is 0 Å². The van der Waals surface area contributed by atoms with Gasteiger partial charge in [-0.05, 0) is 17.7 Å². The lowest BCUT2D eigenvalue weighted by Crippen LogP contribution is -2.23. The fraction of sp³-hybridized carbons (Fsp3) is 0.278. The van der Waals surface area contributed by atoms with E-state index in [-0.39, 0.29) is 29.2 Å². The largest absolute Gasteiger partial charge is 0.573 e. The van der Waals surface area contributed by atoms with Crippen molar-refractivity contribution < 1.29 is 26.7 Å². The van der Waals surface area contributed by atoms with Crippen LogP contribution in [0.25, 0.3) is 11.2 Å². The van der Waals surface area contributed by atoms with Crippen molar-refractivity contribution in [3.05, 3.63) is 69.3 Å². The molecule has 10 nitrogen and oxygen atoms in total. The molecule has 0 aliphatic heterocycles. The maximum absolute atomic E-state index is 14.6. The Balaban J connectivity index is 1.49. The normalized spacial score (nSPS) is 12.9. The van der Waals surface area contributed by atoms with Gasteiger partial charge in [-0.3, -0.25) is 9.36 Å². The quantitative estimate of drug-likeness (QED) is 0.410. The zero-order chi connectivity index (χ0) is 23.0. The van der Waals surface area contributed by atoms with Gasteiger partial charge in [0.2, 0.25) is 5.89 Å². The minimum absolute atomic E-state index is 0.0121. The molecule has 3 heterocycles. The maximum Gasteiger partial charge on any atom is 0.573 e. The number of nitrogens with zero attached hydrogens (tertiary/aromatic N) is 6. The van der Waals surface area contributed by atoms with E-state index in [1.807, 2.05) is 0 Å². The third-order valence-electron chi connectivity index (χ3n) is 4.46. The second kappa shape index (κ2) is 7.94. The van der Waals surface area contributed by atoms with E-state index in [9.17, 15) is 27.2 Å². The number of aryl methyl sites for hydroxylation is 1. The average Bonchev–Trinajstić information content (AvgIpc) is 3.26. The van der Waals surface area contributed by atoms with Crippen LogP contribution >= 0.6 is 0 Å². The van der Waals surface area contributed by atoms with Crippen molar-refractivity contribution in [3.8, 4) is 5.75 Å². The first-order valence-electron chi connectivity index (χ1n) is 9.04. The number of halogens is 4. The highest BCUT2D eigenvalue weighted by molar-refractivity contribution is 5.68. The van der Waals surface area contributed by atoms with Gasteiger partial charge in [0.15, 0.2) is 11.2 Å². The van der Waals surface area contributed by atoms with Crippen LogP contribution in [0.2, 0.25) is 0 Å². The van der Waals surface area contributed by atoms with Gasteiger partial charge < -0.3 is 13.7 Å². The number of ether oxygens (including phenoxy) is 1. The van der Waals surface area contributed by atoms with Crippen LogP contribution in [0, 0.1) is 0 Å². The Morgan fingerprint density at radius 2 is 1.81 bits per heavy atom. The Bertz CT molecular complexity index is 1370. The third kappa shape index (κ3) is 4.38. The van der Waals surface area contributed by atoms with Crippen LogP contribution in [0.5, 0.6) is 5.75 Å². The Morgan fingerprint density at radius 1 is 1.12 bits per heavy atom. The summed E-state index contributed by atoms with van der Waals surface area (Å²) in [5.41, 5.74) is 0.0819. The summed E-state index contributed by atoms with van der Waals surface area (Å²) in [7, 11) is 1.63. The number of fused-ring (bicyclic) bond motifs is 1. The summed E-state index contributed by atoms with van der Waals surface area (Å²) in [6, 6.07) is 4.12. The van der Waals surface area contributed by atoms with Crippen molar-refractivity contribution in [3.63, 3.8) is 0 Å². The van der Waals surface area contributed by atoms with E-state index in [1.165, 1.54) is 17.2 Å². The number of imidazole rings is 1. The molecule has 14 heteroatoms. The molecule has 0 fully saturated rings. The molecular weight excluding hydrogens is 440 g/mol. The predicted molar refractivity (Wildman–Crippen MR) is 99.6 cm³/mol. The van der Waals surface area contributed by atoms with Crippen LogP contribution in [0.1, 0.15) is 17.6 Å². The number of aromatic nitrogens is 6. The molecule has 0 saturated carbocycles. The Hall–Kier alpha value is -3.97. The van der Waals surface area contributed by atoms with Gasteiger partial charge in [0.05, 0.1) is 12.9 Å². The van der Waals surface area contributed by atoms with Gasteiger partial charge in [0.1, 0.15) is 24.8 Å². The molecule has 0 amide bonds. The number of alkyl halides is 4. The average molecular weight is 454 g/mol. The number of hydrogen-bond donors (Lipinski definition) is 0. The van der Waals surface area contributed by atoms with E-state index in [0.717, 1.165) is 33.5 Å². The predicted octanol–water partition coefficient (Wildman–Crippen LogP) is 1.94. The molecule has 4 aromatic rings. The lowest BCUT2D eigenvalue weighted by molar-refractivity contribution is -0.274. The molecule has 32 heavy (non-hydrogen) atoms. The zero-order valence-electron chi connectivity index (χ0n) is 16.3. The molecule has 0 N–H and O–H groups in total. The number of hydrogen-bond acceptors (Lipinski definition) is 7. The van der Waals surface area contributed by atoms with Gasteiger partial charge in [-0.25, -0.2) is 19.2 Å². The van der Waals surface area contributed by atoms with Gasteiger partial charge in [0, 0.05) is 7.05 Å². The summed E-state index contributed by atoms with van der Waals surface area (Å²) in [5, 5.41) is 3.88. The molecule has 1 aromatic carbocycles. The van der Waals surface area contributed by atoms with Gasteiger partial charge in [0.25, 0.3) is 5.56 Å². The molecule has 0 aliphatic carbocycles. The van der Waals surface area contributed by atoms with Crippen LogP contribution < -0.4 is 16.1 Å². The highest BCUT2D eigenvalue weighted by Gasteiger charge is 2.31. The van der Waals surface area contributed by atoms with Crippen molar-refractivity contribution >= 4 is 11.2 Å². The van der Waals surface area contributed by atoms with Crippen LogP contribution in [0.15, 0.2) is 50.9 Å². The monoisotopic (exact) mass is 454 g/mol. The molecule has 3 aromatic heterocycles. The molecule has 0 aliphatic rings. The zero-order valence-corrected chi connectivity index (χ0v) is 16.3. The van der Waals surface area contributed by atoms with E-state index in [0.29, 0.717) is 0 Å².